The van der Waals surface area contributed by atoms with E-state index in [1.165, 1.54) is 55.0 Å². The molecule has 1 aromatic heterocycles. The highest BCUT2D eigenvalue weighted by atomic mass is 32.2. The highest BCUT2D eigenvalue weighted by molar-refractivity contribution is 8.00. The van der Waals surface area contributed by atoms with Crippen LogP contribution in [0.2, 0.25) is 0 Å². The summed E-state index contributed by atoms with van der Waals surface area (Å²) in [5.41, 5.74) is 3.60. The number of tetrazole rings is 1. The SMILES string of the molecule is O=CC(Sc1nnnn1CCCC(=O)O)c1ccccc1CCCCCCCCc1ccccc1. The number of carbonyl (C=O) groups excluding carboxylic acids is 1. The van der Waals surface area contributed by atoms with E-state index in [1.807, 2.05) is 18.2 Å². The molecule has 0 bridgehead atoms. The van der Waals surface area contributed by atoms with Gasteiger partial charge in [0.15, 0.2) is 0 Å². The number of nitrogens with zero attached hydrogens (tertiary/aromatic N) is 4. The Balaban J connectivity index is 1.44. The summed E-state index contributed by atoms with van der Waals surface area (Å²) in [6.45, 7) is 0.403. The van der Waals surface area contributed by atoms with Crippen molar-refractivity contribution < 1.29 is 14.7 Å². The Bertz CT molecular complexity index is 1040. The average Bonchev–Trinajstić information content (AvgIpc) is 3.31. The number of carbonyl (C=O) groups is 2. The lowest BCUT2D eigenvalue weighted by molar-refractivity contribution is -0.137. The van der Waals surface area contributed by atoms with E-state index in [-0.39, 0.29) is 6.42 Å². The van der Waals surface area contributed by atoms with E-state index >= 15 is 0 Å². The molecular weight excluding hydrogens is 460 g/mol. The van der Waals surface area contributed by atoms with Gasteiger partial charge in [-0.1, -0.05) is 92.0 Å². The molecule has 1 unspecified atom stereocenters. The lowest BCUT2D eigenvalue weighted by atomic mass is 9.98. The molecule has 8 heteroatoms. The molecule has 7 nitrogen and oxygen atoms in total. The largest absolute Gasteiger partial charge is 0.481 e. The van der Waals surface area contributed by atoms with Crippen molar-refractivity contribution in [2.75, 3.05) is 0 Å². The average molecular weight is 495 g/mol. The summed E-state index contributed by atoms with van der Waals surface area (Å²) in [5, 5.41) is 20.7. The standard InChI is InChI=1S/C27H34N4O3S/c32-21-25(35-27-28-29-30-31(27)20-12-19-26(33)34)24-18-11-10-17-23(24)16-9-4-2-1-3-6-13-22-14-7-5-8-15-22/h5,7-8,10-11,14-15,17-18,21,25H,1-4,6,9,12-13,16,19-20H2,(H,33,34). The molecule has 3 rings (SSSR count). The molecule has 1 heterocycles. The van der Waals surface area contributed by atoms with E-state index in [4.69, 9.17) is 5.11 Å². The monoisotopic (exact) mass is 494 g/mol. The molecule has 0 aliphatic rings. The van der Waals surface area contributed by atoms with Crippen molar-refractivity contribution in [1.29, 1.82) is 0 Å². The lowest BCUT2D eigenvalue weighted by Gasteiger charge is -2.15. The zero-order valence-corrected chi connectivity index (χ0v) is 20.9. The Morgan fingerprint density at radius 3 is 2.34 bits per heavy atom. The fourth-order valence-electron chi connectivity index (χ4n) is 4.12. The van der Waals surface area contributed by atoms with Gasteiger partial charge in [-0.2, -0.15) is 0 Å². The van der Waals surface area contributed by atoms with Crippen LogP contribution in [0, 0.1) is 0 Å². The van der Waals surface area contributed by atoms with E-state index in [0.29, 0.717) is 18.1 Å². The highest BCUT2D eigenvalue weighted by Crippen LogP contribution is 2.34. The molecule has 1 N–H and O–H groups in total. The lowest BCUT2D eigenvalue weighted by Crippen LogP contribution is -2.07. The third-order valence-electron chi connectivity index (χ3n) is 5.98. The third-order valence-corrected chi connectivity index (χ3v) is 7.10. The number of carboxylic acids is 1. The molecule has 3 aromatic rings. The van der Waals surface area contributed by atoms with Gasteiger partial charge in [-0.15, -0.1) is 5.10 Å². The topological polar surface area (TPSA) is 98.0 Å². The summed E-state index contributed by atoms with van der Waals surface area (Å²) in [6.07, 6.45) is 10.8. The maximum atomic E-state index is 12.0. The van der Waals surface area contributed by atoms with E-state index in [1.54, 1.807) is 4.68 Å². The molecule has 0 aliphatic heterocycles. The van der Waals surface area contributed by atoms with Gasteiger partial charge in [-0.25, -0.2) is 4.68 Å². The van der Waals surface area contributed by atoms with Crippen molar-refractivity contribution in [3.63, 3.8) is 0 Å². The smallest absolute Gasteiger partial charge is 0.303 e. The molecule has 0 spiro atoms. The summed E-state index contributed by atoms with van der Waals surface area (Å²) in [6, 6.07) is 18.7. The van der Waals surface area contributed by atoms with Gasteiger partial charge in [0.2, 0.25) is 5.16 Å². The summed E-state index contributed by atoms with van der Waals surface area (Å²) in [5.74, 6) is -0.848. The Labute approximate surface area is 211 Å². The number of hydrogen-bond donors (Lipinski definition) is 1. The second kappa shape index (κ2) is 15.1. The minimum Gasteiger partial charge on any atom is -0.481 e. The Hall–Kier alpha value is -3.00. The van der Waals surface area contributed by atoms with Crippen molar-refractivity contribution in [2.45, 2.75) is 81.2 Å². The Morgan fingerprint density at radius 2 is 1.60 bits per heavy atom. The number of thioether (sulfide) groups is 1. The number of aryl methyl sites for hydroxylation is 3. The van der Waals surface area contributed by atoms with Crippen LogP contribution in [0.25, 0.3) is 0 Å². The highest BCUT2D eigenvalue weighted by Gasteiger charge is 2.19. The second-order valence-corrected chi connectivity index (χ2v) is 9.77. The van der Waals surface area contributed by atoms with Crippen molar-refractivity contribution in [2.24, 2.45) is 0 Å². The molecule has 0 amide bonds. The van der Waals surface area contributed by atoms with E-state index in [0.717, 1.165) is 31.1 Å². The number of carboxylic acid groups (broad SMARTS) is 1. The number of aliphatic carboxylic acids is 1. The summed E-state index contributed by atoms with van der Waals surface area (Å²) < 4.78 is 1.57. The van der Waals surface area contributed by atoms with Gasteiger partial charge < -0.3 is 9.90 Å². The van der Waals surface area contributed by atoms with Crippen molar-refractivity contribution in [1.82, 2.24) is 20.2 Å². The van der Waals surface area contributed by atoms with Gasteiger partial charge >= 0.3 is 5.97 Å². The van der Waals surface area contributed by atoms with Crippen LogP contribution in [0.4, 0.5) is 0 Å². The van der Waals surface area contributed by atoms with Crippen molar-refractivity contribution in [3.8, 4) is 0 Å². The normalized spacial score (nSPS) is 11.9. The summed E-state index contributed by atoms with van der Waals surface area (Å²) in [7, 11) is 0. The van der Waals surface area contributed by atoms with Crippen LogP contribution in [0.3, 0.4) is 0 Å². The molecule has 0 saturated heterocycles. The quantitative estimate of drug-likeness (QED) is 0.146. The van der Waals surface area contributed by atoms with Crippen LogP contribution in [-0.4, -0.2) is 37.6 Å². The van der Waals surface area contributed by atoms with E-state index in [9.17, 15) is 9.59 Å². The number of unbranched alkanes of at least 4 members (excludes halogenated alkanes) is 5. The van der Waals surface area contributed by atoms with Gasteiger partial charge in [0.25, 0.3) is 0 Å². The number of aromatic nitrogens is 4. The number of aldehydes is 1. The van der Waals surface area contributed by atoms with Crippen LogP contribution < -0.4 is 0 Å². The van der Waals surface area contributed by atoms with Crippen LogP contribution in [-0.2, 0) is 29.0 Å². The molecule has 0 saturated carbocycles. The summed E-state index contributed by atoms with van der Waals surface area (Å²) in [4.78, 5) is 22.8. The molecular formula is C27H34N4O3S. The Kier molecular flexibility index (Phi) is 11.5. The first-order valence-electron chi connectivity index (χ1n) is 12.4. The van der Waals surface area contributed by atoms with Gasteiger partial charge in [0, 0.05) is 13.0 Å². The molecule has 1 atom stereocenters. The van der Waals surface area contributed by atoms with Crippen molar-refractivity contribution in [3.05, 3.63) is 71.3 Å². The molecule has 35 heavy (non-hydrogen) atoms. The van der Waals surface area contributed by atoms with Crippen LogP contribution in [0.5, 0.6) is 0 Å². The van der Waals surface area contributed by atoms with Gasteiger partial charge in [0.05, 0.1) is 5.25 Å². The first kappa shape index (κ1) is 26.6. The predicted octanol–water partition coefficient (Wildman–Crippen LogP) is 5.70. The summed E-state index contributed by atoms with van der Waals surface area (Å²) >= 11 is 1.31. The maximum absolute atomic E-state index is 12.0. The van der Waals surface area contributed by atoms with Gasteiger partial charge in [-0.05, 0) is 59.2 Å². The molecule has 2 aromatic carbocycles. The first-order chi connectivity index (χ1) is 17.2. The molecule has 0 radical (unpaired) electrons. The maximum Gasteiger partial charge on any atom is 0.303 e. The number of benzene rings is 2. The number of rotatable bonds is 17. The van der Waals surface area contributed by atoms with Crippen LogP contribution in [0.15, 0.2) is 59.8 Å². The molecule has 186 valence electrons. The zero-order chi connectivity index (χ0) is 24.7. The van der Waals surface area contributed by atoms with E-state index < -0.39 is 11.2 Å². The third kappa shape index (κ3) is 9.28. The van der Waals surface area contributed by atoms with Crippen molar-refractivity contribution >= 4 is 24.0 Å². The minimum atomic E-state index is -0.848. The zero-order valence-electron chi connectivity index (χ0n) is 20.1. The van der Waals surface area contributed by atoms with Crippen LogP contribution in [0.1, 0.15) is 73.3 Å². The minimum absolute atomic E-state index is 0.0525. The predicted molar refractivity (Wildman–Crippen MR) is 137 cm³/mol. The Morgan fingerprint density at radius 1 is 0.914 bits per heavy atom. The van der Waals surface area contributed by atoms with Crippen LogP contribution >= 0.6 is 11.8 Å². The molecule has 0 fully saturated rings. The fraction of sp³-hybridized carbons (Fsp3) is 0.444. The molecule has 0 aliphatic carbocycles. The van der Waals surface area contributed by atoms with E-state index in [2.05, 4.69) is 51.9 Å². The fourth-order valence-corrected chi connectivity index (χ4v) is 5.09. The number of hydrogen-bond acceptors (Lipinski definition) is 6. The van der Waals surface area contributed by atoms with Gasteiger partial charge in [0.1, 0.15) is 6.29 Å². The van der Waals surface area contributed by atoms with Gasteiger partial charge in [-0.3, -0.25) is 4.79 Å². The second-order valence-electron chi connectivity index (χ2n) is 8.66. The first-order valence-corrected chi connectivity index (χ1v) is 13.3.